The molecule has 2 aromatic carbocycles. The lowest BCUT2D eigenvalue weighted by Crippen LogP contribution is -2.37. The summed E-state index contributed by atoms with van der Waals surface area (Å²) in [4.78, 5) is 21.1. The molecule has 1 aromatic heterocycles. The van der Waals surface area contributed by atoms with Gasteiger partial charge in [0.05, 0.1) is 33.5 Å². The Morgan fingerprint density at radius 1 is 1.36 bits per heavy atom. The van der Waals surface area contributed by atoms with Crippen molar-refractivity contribution in [2.75, 3.05) is 24.3 Å². The van der Waals surface area contributed by atoms with Gasteiger partial charge in [-0.2, -0.15) is 0 Å². The molecular formula is C21H21ClN2O2S2. The average Bonchev–Trinajstić information content (AvgIpc) is 3.39. The van der Waals surface area contributed by atoms with Gasteiger partial charge in [0.2, 0.25) is 0 Å². The van der Waals surface area contributed by atoms with Crippen molar-refractivity contribution in [3.8, 4) is 0 Å². The van der Waals surface area contributed by atoms with E-state index < -0.39 is 0 Å². The first kappa shape index (κ1) is 19.7. The van der Waals surface area contributed by atoms with Gasteiger partial charge >= 0.3 is 0 Å². The van der Waals surface area contributed by atoms with Crippen LogP contribution in [0.5, 0.6) is 0 Å². The Kier molecular flexibility index (Phi) is 5.92. The minimum absolute atomic E-state index is 0.0361. The molecule has 1 aliphatic rings. The van der Waals surface area contributed by atoms with E-state index in [1.165, 1.54) is 11.3 Å². The number of rotatable bonds is 5. The summed E-state index contributed by atoms with van der Waals surface area (Å²) in [6.45, 7) is 3.26. The number of anilines is 1. The van der Waals surface area contributed by atoms with E-state index in [1.807, 2.05) is 49.6 Å². The fraction of sp³-hybridized carbons (Fsp3) is 0.333. The number of carbonyl (C=O) groups excluding carboxylic acids is 1. The molecule has 0 spiro atoms. The van der Waals surface area contributed by atoms with Crippen molar-refractivity contribution in [2.45, 2.75) is 30.8 Å². The molecule has 1 fully saturated rings. The van der Waals surface area contributed by atoms with Gasteiger partial charge in [-0.1, -0.05) is 41.1 Å². The predicted molar refractivity (Wildman–Crippen MR) is 118 cm³/mol. The standard InChI is InChI=1S/C21H21ClN2O2S2/c1-13-9-10-16(22)19-18(13)23-21(28-19)24(12-14-6-5-11-26-14)20(25)15-7-3-4-8-17(15)27-2/h3-4,7-10,14H,5-6,11-12H2,1-2H3. The maximum Gasteiger partial charge on any atom is 0.261 e. The van der Waals surface area contributed by atoms with E-state index >= 15 is 0 Å². The number of fused-ring (bicyclic) bond motifs is 1. The fourth-order valence-electron chi connectivity index (χ4n) is 3.41. The van der Waals surface area contributed by atoms with E-state index in [9.17, 15) is 4.79 Å². The summed E-state index contributed by atoms with van der Waals surface area (Å²) in [7, 11) is 0. The molecule has 0 bridgehead atoms. The molecule has 28 heavy (non-hydrogen) atoms. The summed E-state index contributed by atoms with van der Waals surface area (Å²) >= 11 is 9.44. The third-order valence-electron chi connectivity index (χ3n) is 4.91. The molecule has 7 heteroatoms. The van der Waals surface area contributed by atoms with Crippen LogP contribution in [-0.4, -0.2) is 36.4 Å². The number of hydrogen-bond acceptors (Lipinski definition) is 5. The van der Waals surface area contributed by atoms with Crippen LogP contribution in [0.3, 0.4) is 0 Å². The highest BCUT2D eigenvalue weighted by Gasteiger charge is 2.28. The van der Waals surface area contributed by atoms with Gasteiger partial charge in [-0.05, 0) is 49.8 Å². The van der Waals surface area contributed by atoms with Crippen LogP contribution in [-0.2, 0) is 4.74 Å². The molecule has 4 rings (SSSR count). The Hall–Kier alpha value is -1.60. The van der Waals surface area contributed by atoms with Crippen LogP contribution in [0.4, 0.5) is 5.13 Å². The van der Waals surface area contributed by atoms with Gasteiger partial charge in [0, 0.05) is 11.5 Å². The van der Waals surface area contributed by atoms with Gasteiger partial charge in [0.15, 0.2) is 5.13 Å². The van der Waals surface area contributed by atoms with Crippen molar-refractivity contribution in [3.05, 3.63) is 52.5 Å². The third kappa shape index (κ3) is 3.79. The van der Waals surface area contributed by atoms with Gasteiger partial charge in [-0.25, -0.2) is 4.98 Å². The number of aryl methyl sites for hydroxylation is 1. The first-order valence-electron chi connectivity index (χ1n) is 9.20. The zero-order chi connectivity index (χ0) is 19.7. The maximum atomic E-state index is 13.6. The first-order chi connectivity index (χ1) is 13.6. The second-order valence-corrected chi connectivity index (χ2v) is 9.02. The molecule has 0 saturated carbocycles. The van der Waals surface area contributed by atoms with E-state index in [0.717, 1.165) is 40.1 Å². The van der Waals surface area contributed by atoms with Gasteiger partial charge in [-0.15, -0.1) is 11.8 Å². The highest BCUT2D eigenvalue weighted by Crippen LogP contribution is 2.37. The lowest BCUT2D eigenvalue weighted by atomic mass is 10.1. The van der Waals surface area contributed by atoms with Gasteiger partial charge in [-0.3, -0.25) is 9.69 Å². The zero-order valence-electron chi connectivity index (χ0n) is 15.8. The number of benzene rings is 2. The first-order valence-corrected chi connectivity index (χ1v) is 11.6. The molecule has 1 amide bonds. The van der Waals surface area contributed by atoms with Crippen LogP contribution in [0.2, 0.25) is 5.02 Å². The van der Waals surface area contributed by atoms with Gasteiger partial charge < -0.3 is 4.74 Å². The number of amides is 1. The van der Waals surface area contributed by atoms with E-state index in [1.54, 1.807) is 16.7 Å². The number of thioether (sulfide) groups is 1. The summed E-state index contributed by atoms with van der Waals surface area (Å²) in [5, 5.41) is 1.33. The Balaban J connectivity index is 1.78. The second kappa shape index (κ2) is 8.41. The Morgan fingerprint density at radius 2 is 2.18 bits per heavy atom. The summed E-state index contributed by atoms with van der Waals surface area (Å²) in [6.07, 6.45) is 4.00. The third-order valence-corrected chi connectivity index (χ3v) is 7.24. The molecule has 4 nitrogen and oxygen atoms in total. The molecule has 0 N–H and O–H groups in total. The van der Waals surface area contributed by atoms with E-state index in [4.69, 9.17) is 21.3 Å². The van der Waals surface area contributed by atoms with E-state index in [-0.39, 0.29) is 12.0 Å². The zero-order valence-corrected chi connectivity index (χ0v) is 18.2. The number of halogens is 1. The number of aromatic nitrogens is 1. The highest BCUT2D eigenvalue weighted by molar-refractivity contribution is 7.98. The van der Waals surface area contributed by atoms with Crippen molar-refractivity contribution >= 4 is 56.0 Å². The number of ether oxygens (including phenoxy) is 1. The van der Waals surface area contributed by atoms with Crippen LogP contribution < -0.4 is 4.90 Å². The Labute approximate surface area is 177 Å². The van der Waals surface area contributed by atoms with Crippen molar-refractivity contribution in [3.63, 3.8) is 0 Å². The second-order valence-electron chi connectivity index (χ2n) is 6.79. The number of nitrogens with zero attached hydrogens (tertiary/aromatic N) is 2. The highest BCUT2D eigenvalue weighted by atomic mass is 35.5. The monoisotopic (exact) mass is 432 g/mol. The molecule has 2 heterocycles. The number of hydrogen-bond donors (Lipinski definition) is 0. The summed E-state index contributed by atoms with van der Waals surface area (Å²) < 4.78 is 6.74. The van der Waals surface area contributed by atoms with Gasteiger partial charge in [0.25, 0.3) is 5.91 Å². The Morgan fingerprint density at radius 3 is 2.89 bits per heavy atom. The van der Waals surface area contributed by atoms with E-state index in [0.29, 0.717) is 22.3 Å². The predicted octanol–water partition coefficient (Wildman–Crippen LogP) is 5.81. The lowest BCUT2D eigenvalue weighted by molar-refractivity contribution is 0.0915. The molecule has 0 aliphatic carbocycles. The minimum atomic E-state index is -0.0479. The van der Waals surface area contributed by atoms with Crippen molar-refractivity contribution < 1.29 is 9.53 Å². The van der Waals surface area contributed by atoms with Crippen LogP contribution in [0, 0.1) is 6.92 Å². The molecule has 1 unspecified atom stereocenters. The number of thiazole rings is 1. The van der Waals surface area contributed by atoms with E-state index in [2.05, 4.69) is 0 Å². The smallest absolute Gasteiger partial charge is 0.261 e. The molecule has 146 valence electrons. The van der Waals surface area contributed by atoms with Crippen LogP contribution in [0.15, 0.2) is 41.3 Å². The normalized spacial score (nSPS) is 16.6. The molecule has 3 aromatic rings. The summed E-state index contributed by atoms with van der Waals surface area (Å²) in [5.41, 5.74) is 2.60. The van der Waals surface area contributed by atoms with Crippen molar-refractivity contribution in [2.24, 2.45) is 0 Å². The van der Waals surface area contributed by atoms with Crippen LogP contribution >= 0.6 is 34.7 Å². The minimum Gasteiger partial charge on any atom is -0.376 e. The fourth-order valence-corrected chi connectivity index (χ4v) is 5.33. The number of carbonyl (C=O) groups is 1. The van der Waals surface area contributed by atoms with Crippen LogP contribution in [0.1, 0.15) is 28.8 Å². The summed E-state index contributed by atoms with van der Waals surface area (Å²) in [5.74, 6) is -0.0479. The largest absolute Gasteiger partial charge is 0.376 e. The summed E-state index contributed by atoms with van der Waals surface area (Å²) in [6, 6.07) is 11.5. The topological polar surface area (TPSA) is 42.4 Å². The molecule has 1 aliphatic heterocycles. The maximum absolute atomic E-state index is 13.6. The lowest BCUT2D eigenvalue weighted by Gasteiger charge is -2.24. The van der Waals surface area contributed by atoms with Crippen LogP contribution in [0.25, 0.3) is 10.2 Å². The van der Waals surface area contributed by atoms with Crippen molar-refractivity contribution in [1.82, 2.24) is 4.98 Å². The average molecular weight is 433 g/mol. The molecule has 1 atom stereocenters. The quantitative estimate of drug-likeness (QED) is 0.477. The molecule has 1 saturated heterocycles. The SMILES string of the molecule is CSc1ccccc1C(=O)N(CC1CCCO1)c1nc2c(C)ccc(Cl)c2s1. The van der Waals surface area contributed by atoms with Gasteiger partial charge in [0.1, 0.15) is 0 Å². The molecular weight excluding hydrogens is 412 g/mol. The Bertz CT molecular complexity index is 976. The molecule has 0 radical (unpaired) electrons. The van der Waals surface area contributed by atoms with Crippen molar-refractivity contribution in [1.29, 1.82) is 0 Å².